The van der Waals surface area contributed by atoms with Gasteiger partial charge < -0.3 is 14.5 Å². The van der Waals surface area contributed by atoms with Crippen molar-refractivity contribution in [3.8, 4) is 0 Å². The maximum Gasteiger partial charge on any atom is 0.306 e. The van der Waals surface area contributed by atoms with E-state index in [1.54, 1.807) is 0 Å². The maximum absolute atomic E-state index is 11.9. The Kier molecular flexibility index (Phi) is 4.36. The molecule has 1 N–H and O–H groups in total. The number of carbonyl (C=O) groups is 2. The van der Waals surface area contributed by atoms with Crippen molar-refractivity contribution in [2.75, 3.05) is 46.9 Å². The van der Waals surface area contributed by atoms with Crippen molar-refractivity contribution in [1.29, 1.82) is 0 Å². The number of hydrogen-bond donors (Lipinski definition) is 1. The van der Waals surface area contributed by atoms with Gasteiger partial charge in [0.1, 0.15) is 0 Å². The lowest BCUT2D eigenvalue weighted by atomic mass is 10.0. The molecule has 0 spiro atoms. The summed E-state index contributed by atoms with van der Waals surface area (Å²) in [6.45, 7) is 3.98. The van der Waals surface area contributed by atoms with Crippen molar-refractivity contribution in [1.82, 2.24) is 15.1 Å². The van der Waals surface area contributed by atoms with Crippen LogP contribution in [0, 0.1) is 5.92 Å². The maximum atomic E-state index is 11.9. The van der Waals surface area contributed by atoms with Gasteiger partial charge in [-0.3, -0.25) is 19.9 Å². The van der Waals surface area contributed by atoms with Gasteiger partial charge in [0, 0.05) is 26.2 Å². The Morgan fingerprint density at radius 3 is 2.68 bits per heavy atom. The molecule has 1 unspecified atom stereocenters. The fraction of sp³-hybridized carbons (Fsp3) is 0.750. The van der Waals surface area contributed by atoms with E-state index < -0.39 is 5.92 Å². The third kappa shape index (κ3) is 3.44. The Morgan fingerprint density at radius 2 is 2.11 bits per heavy atom. The monoisotopic (exact) mass is 268 g/mol. The number of aliphatic imine (C=N–C) groups is 1. The van der Waals surface area contributed by atoms with Crippen LogP contribution in [-0.2, 0) is 14.3 Å². The molecule has 0 bridgehead atoms. The molecule has 1 saturated heterocycles. The minimum atomic E-state index is -0.413. The molecule has 0 aromatic carbocycles. The number of methoxy groups -OCH3 is 1. The highest BCUT2D eigenvalue weighted by Crippen LogP contribution is 2.11. The number of carbonyl (C=O) groups excluding carboxylic acids is 2. The van der Waals surface area contributed by atoms with Crippen LogP contribution < -0.4 is 5.32 Å². The predicted molar refractivity (Wildman–Crippen MR) is 69.6 cm³/mol. The van der Waals surface area contributed by atoms with E-state index in [1.807, 2.05) is 0 Å². The number of amides is 1. The van der Waals surface area contributed by atoms with Gasteiger partial charge in [-0.1, -0.05) is 0 Å². The highest BCUT2D eigenvalue weighted by Gasteiger charge is 2.29. The van der Waals surface area contributed by atoms with Crippen LogP contribution in [-0.4, -0.2) is 74.5 Å². The first-order valence-corrected chi connectivity index (χ1v) is 6.45. The van der Waals surface area contributed by atoms with E-state index in [4.69, 9.17) is 0 Å². The molecule has 0 aromatic rings. The van der Waals surface area contributed by atoms with Crippen molar-refractivity contribution < 1.29 is 14.3 Å². The average molecular weight is 268 g/mol. The molecule has 1 atom stereocenters. The lowest BCUT2D eigenvalue weighted by molar-refractivity contribution is -0.144. The third-order valence-corrected chi connectivity index (χ3v) is 3.51. The molecule has 2 rings (SSSR count). The van der Waals surface area contributed by atoms with E-state index >= 15 is 0 Å². The average Bonchev–Trinajstić information content (AvgIpc) is 2.41. The van der Waals surface area contributed by atoms with E-state index in [0.29, 0.717) is 12.5 Å². The number of ether oxygens (including phenoxy) is 1. The van der Waals surface area contributed by atoms with Crippen LogP contribution in [0.25, 0.3) is 0 Å². The zero-order chi connectivity index (χ0) is 13.8. The summed E-state index contributed by atoms with van der Waals surface area (Å²) < 4.78 is 4.57. The van der Waals surface area contributed by atoms with Crippen LogP contribution in [0.1, 0.15) is 6.42 Å². The van der Waals surface area contributed by atoms with E-state index in [1.165, 1.54) is 7.11 Å². The number of nitrogens with zero attached hydrogens (tertiary/aromatic N) is 3. The number of esters is 1. The first-order valence-electron chi connectivity index (χ1n) is 6.45. The summed E-state index contributed by atoms with van der Waals surface area (Å²) in [6, 6.07) is 0. The number of piperazine rings is 1. The molecule has 1 amide bonds. The molecule has 0 aromatic heterocycles. The van der Waals surface area contributed by atoms with Gasteiger partial charge in [-0.2, -0.15) is 0 Å². The summed E-state index contributed by atoms with van der Waals surface area (Å²) in [6.07, 6.45) is 0.0852. The lowest BCUT2D eigenvalue weighted by Gasteiger charge is -2.36. The van der Waals surface area contributed by atoms with Crippen molar-refractivity contribution in [3.63, 3.8) is 0 Å². The number of likely N-dealkylation sites (N-methyl/N-ethyl adjacent to an activating group) is 1. The Labute approximate surface area is 112 Å². The van der Waals surface area contributed by atoms with Crippen LogP contribution in [0.2, 0.25) is 0 Å². The number of hydrogen-bond acceptors (Lipinski definition) is 6. The molecule has 0 aliphatic carbocycles. The molecule has 7 nitrogen and oxygen atoms in total. The van der Waals surface area contributed by atoms with E-state index in [-0.39, 0.29) is 18.3 Å². The molecular formula is C12H20N4O3. The molecular weight excluding hydrogens is 248 g/mol. The fourth-order valence-corrected chi connectivity index (χ4v) is 2.17. The third-order valence-electron chi connectivity index (χ3n) is 3.51. The zero-order valence-electron chi connectivity index (χ0n) is 11.4. The SMILES string of the molecule is COC(=O)CC1CN=C(N2CCN(C)CC2)NC1=O. The van der Waals surface area contributed by atoms with E-state index in [9.17, 15) is 9.59 Å². The standard InChI is InChI=1S/C12H20N4O3/c1-15-3-5-16(6-4-15)12-13-8-9(11(18)14-12)7-10(17)19-2/h9H,3-8H2,1-2H3,(H,13,14,18). The smallest absolute Gasteiger partial charge is 0.306 e. The number of rotatable bonds is 2. The number of nitrogens with one attached hydrogen (secondary N) is 1. The molecule has 2 heterocycles. The summed E-state index contributed by atoms with van der Waals surface area (Å²) >= 11 is 0. The summed E-state index contributed by atoms with van der Waals surface area (Å²) in [5.74, 6) is -0.296. The Bertz CT molecular complexity index is 388. The van der Waals surface area contributed by atoms with Crippen LogP contribution >= 0.6 is 0 Å². The summed E-state index contributed by atoms with van der Waals surface area (Å²) in [7, 11) is 3.40. The van der Waals surface area contributed by atoms with Crippen molar-refractivity contribution >= 4 is 17.8 Å². The quantitative estimate of drug-likeness (QED) is 0.643. The minimum Gasteiger partial charge on any atom is -0.469 e. The van der Waals surface area contributed by atoms with Gasteiger partial charge in [0.2, 0.25) is 11.9 Å². The molecule has 19 heavy (non-hydrogen) atoms. The van der Waals surface area contributed by atoms with Gasteiger partial charge in [-0.25, -0.2) is 0 Å². The largest absolute Gasteiger partial charge is 0.469 e. The Morgan fingerprint density at radius 1 is 1.42 bits per heavy atom. The second-order valence-corrected chi connectivity index (χ2v) is 4.92. The topological polar surface area (TPSA) is 74.2 Å². The number of guanidine groups is 1. The molecule has 2 aliphatic heterocycles. The lowest BCUT2D eigenvalue weighted by Crippen LogP contribution is -2.55. The van der Waals surface area contributed by atoms with E-state index in [0.717, 1.165) is 26.2 Å². The Balaban J connectivity index is 1.92. The van der Waals surface area contributed by atoms with Gasteiger partial charge in [0.15, 0.2) is 0 Å². The van der Waals surface area contributed by atoms with Crippen molar-refractivity contribution in [2.45, 2.75) is 6.42 Å². The molecule has 1 fully saturated rings. The zero-order valence-corrected chi connectivity index (χ0v) is 11.4. The van der Waals surface area contributed by atoms with Crippen LogP contribution in [0.15, 0.2) is 4.99 Å². The first kappa shape index (κ1) is 13.8. The molecule has 0 radical (unpaired) electrons. The normalized spacial score (nSPS) is 24.7. The molecule has 7 heteroatoms. The minimum absolute atomic E-state index is 0.0852. The van der Waals surface area contributed by atoms with Crippen LogP contribution in [0.4, 0.5) is 0 Å². The summed E-state index contributed by atoms with van der Waals surface area (Å²) in [4.78, 5) is 31.8. The van der Waals surface area contributed by atoms with E-state index in [2.05, 4.69) is 31.9 Å². The highest BCUT2D eigenvalue weighted by atomic mass is 16.5. The van der Waals surface area contributed by atoms with Gasteiger partial charge in [-0.15, -0.1) is 0 Å². The van der Waals surface area contributed by atoms with Gasteiger partial charge in [0.25, 0.3) is 0 Å². The van der Waals surface area contributed by atoms with Gasteiger partial charge >= 0.3 is 5.97 Å². The second-order valence-electron chi connectivity index (χ2n) is 4.92. The molecule has 2 aliphatic rings. The van der Waals surface area contributed by atoms with Gasteiger partial charge in [-0.05, 0) is 7.05 Å². The summed E-state index contributed by atoms with van der Waals surface area (Å²) in [5, 5.41) is 2.79. The Hall–Kier alpha value is -1.63. The van der Waals surface area contributed by atoms with Crippen LogP contribution in [0.3, 0.4) is 0 Å². The highest BCUT2D eigenvalue weighted by molar-refractivity contribution is 6.00. The predicted octanol–water partition coefficient (Wildman–Crippen LogP) is -1.10. The van der Waals surface area contributed by atoms with Crippen molar-refractivity contribution in [2.24, 2.45) is 10.9 Å². The molecule has 0 saturated carbocycles. The first-order chi connectivity index (χ1) is 9.10. The summed E-state index contributed by atoms with van der Waals surface area (Å²) in [5.41, 5.74) is 0. The van der Waals surface area contributed by atoms with Gasteiger partial charge in [0.05, 0.1) is 26.0 Å². The van der Waals surface area contributed by atoms with Crippen LogP contribution in [0.5, 0.6) is 0 Å². The molecule has 106 valence electrons. The van der Waals surface area contributed by atoms with Crippen molar-refractivity contribution in [3.05, 3.63) is 0 Å². The fourth-order valence-electron chi connectivity index (χ4n) is 2.17. The second kappa shape index (κ2) is 6.01.